The Hall–Kier alpha value is -2.77. The van der Waals surface area contributed by atoms with Gasteiger partial charge in [0.05, 0.1) is 25.5 Å². The van der Waals surface area contributed by atoms with Gasteiger partial charge < -0.3 is 24.1 Å². The fourth-order valence-corrected chi connectivity index (χ4v) is 2.78. The predicted molar refractivity (Wildman–Crippen MR) is 106 cm³/mol. The number of hydrogen-bond acceptors (Lipinski definition) is 6. The molecule has 2 aromatic rings. The predicted octanol–water partition coefficient (Wildman–Crippen LogP) is 3.70. The number of rotatable bonds is 7. The van der Waals surface area contributed by atoms with Crippen molar-refractivity contribution in [1.82, 2.24) is 14.9 Å². The number of pyridine rings is 1. The first kappa shape index (κ1) is 21.5. The first-order valence-corrected chi connectivity index (χ1v) is 9.44. The summed E-state index contributed by atoms with van der Waals surface area (Å²) in [5.41, 5.74) is 0.405. The van der Waals surface area contributed by atoms with E-state index < -0.39 is 17.7 Å². The van der Waals surface area contributed by atoms with Gasteiger partial charge in [-0.15, -0.1) is 0 Å². The Bertz CT molecular complexity index is 838. The van der Waals surface area contributed by atoms with E-state index in [1.807, 2.05) is 19.9 Å². The number of fused-ring (bicyclic) bond motifs is 1. The lowest BCUT2D eigenvalue weighted by atomic mass is 10.2. The van der Waals surface area contributed by atoms with E-state index in [1.54, 1.807) is 44.5 Å². The monoisotopic (exact) mass is 391 g/mol. The molecule has 0 bridgehead atoms. The highest BCUT2D eigenvalue weighted by molar-refractivity contribution is 5.95. The molecule has 1 unspecified atom stereocenters. The maximum atomic E-state index is 12.5. The van der Waals surface area contributed by atoms with Gasteiger partial charge in [-0.05, 0) is 53.7 Å². The fourth-order valence-electron chi connectivity index (χ4n) is 2.78. The Morgan fingerprint density at radius 3 is 2.54 bits per heavy atom. The molecule has 0 aliphatic heterocycles. The van der Waals surface area contributed by atoms with Gasteiger partial charge in [-0.3, -0.25) is 0 Å². The van der Waals surface area contributed by atoms with E-state index in [4.69, 9.17) is 14.2 Å². The van der Waals surface area contributed by atoms with Gasteiger partial charge in [0.25, 0.3) is 0 Å². The van der Waals surface area contributed by atoms with Crippen molar-refractivity contribution in [2.75, 3.05) is 19.8 Å². The highest BCUT2D eigenvalue weighted by Crippen LogP contribution is 2.26. The van der Waals surface area contributed by atoms with Crippen LogP contribution in [0.15, 0.2) is 18.3 Å². The maximum Gasteiger partial charge on any atom is 0.407 e. The maximum absolute atomic E-state index is 12.5. The van der Waals surface area contributed by atoms with Gasteiger partial charge in [0, 0.05) is 11.9 Å². The Kier molecular flexibility index (Phi) is 6.88. The number of alkyl carbamates (subject to hydrolysis) is 1. The summed E-state index contributed by atoms with van der Waals surface area (Å²) in [7, 11) is 0. The van der Waals surface area contributed by atoms with Crippen molar-refractivity contribution in [2.45, 2.75) is 53.2 Å². The van der Waals surface area contributed by atoms with Crippen LogP contribution >= 0.6 is 0 Å². The van der Waals surface area contributed by atoms with Crippen molar-refractivity contribution in [3.05, 3.63) is 24.0 Å². The third-order valence-corrected chi connectivity index (χ3v) is 3.83. The standard InChI is InChI=1S/C20H29N3O5/c1-7-26-15-9-14-10-16(18(24)27-8-2)23(17(14)21-12-15)13(3)11-22-19(25)28-20(4,5)6/h9-10,12-13H,7-8,11H2,1-6H3,(H,22,25). The van der Waals surface area contributed by atoms with Crippen LogP contribution in [0.25, 0.3) is 11.0 Å². The molecule has 2 rings (SSSR count). The summed E-state index contributed by atoms with van der Waals surface area (Å²) >= 11 is 0. The van der Waals surface area contributed by atoms with E-state index in [9.17, 15) is 9.59 Å². The van der Waals surface area contributed by atoms with E-state index in [-0.39, 0.29) is 19.2 Å². The van der Waals surface area contributed by atoms with Crippen molar-refractivity contribution in [3.63, 3.8) is 0 Å². The zero-order chi connectivity index (χ0) is 20.9. The van der Waals surface area contributed by atoms with Crippen LogP contribution < -0.4 is 10.1 Å². The van der Waals surface area contributed by atoms with Gasteiger partial charge in [0.1, 0.15) is 22.7 Å². The highest BCUT2D eigenvalue weighted by atomic mass is 16.6. The van der Waals surface area contributed by atoms with Crippen LogP contribution in [0.5, 0.6) is 5.75 Å². The number of amides is 1. The van der Waals surface area contributed by atoms with Gasteiger partial charge in [0.2, 0.25) is 0 Å². The van der Waals surface area contributed by atoms with Crippen molar-refractivity contribution >= 4 is 23.1 Å². The topological polar surface area (TPSA) is 91.7 Å². The average Bonchev–Trinajstić information content (AvgIpc) is 2.97. The minimum absolute atomic E-state index is 0.255. The summed E-state index contributed by atoms with van der Waals surface area (Å²) in [5.74, 6) is 0.185. The molecule has 0 spiro atoms. The van der Waals surface area contributed by atoms with Gasteiger partial charge in [-0.1, -0.05) is 0 Å². The van der Waals surface area contributed by atoms with E-state index >= 15 is 0 Å². The molecule has 0 aromatic carbocycles. The van der Waals surface area contributed by atoms with Crippen molar-refractivity contribution in [1.29, 1.82) is 0 Å². The smallest absolute Gasteiger partial charge is 0.407 e. The molecule has 0 fully saturated rings. The Morgan fingerprint density at radius 2 is 1.93 bits per heavy atom. The first-order chi connectivity index (χ1) is 13.2. The molecule has 8 heteroatoms. The number of carbonyl (C=O) groups is 2. The molecule has 154 valence electrons. The lowest BCUT2D eigenvalue weighted by Crippen LogP contribution is -2.35. The summed E-state index contributed by atoms with van der Waals surface area (Å²) in [6.45, 7) is 12.0. The Morgan fingerprint density at radius 1 is 1.21 bits per heavy atom. The van der Waals surface area contributed by atoms with Gasteiger partial charge in [-0.2, -0.15) is 0 Å². The molecule has 0 saturated carbocycles. The van der Waals surface area contributed by atoms with E-state index in [0.717, 1.165) is 5.39 Å². The number of nitrogens with one attached hydrogen (secondary N) is 1. The third-order valence-electron chi connectivity index (χ3n) is 3.83. The van der Waals surface area contributed by atoms with E-state index in [0.29, 0.717) is 23.7 Å². The molecular formula is C20H29N3O5. The molecule has 0 aliphatic carbocycles. The normalized spacial score (nSPS) is 12.5. The Balaban J connectivity index is 2.32. The molecule has 2 heterocycles. The molecule has 1 amide bonds. The van der Waals surface area contributed by atoms with Gasteiger partial charge in [-0.25, -0.2) is 14.6 Å². The largest absolute Gasteiger partial charge is 0.492 e. The summed E-state index contributed by atoms with van der Waals surface area (Å²) in [4.78, 5) is 28.9. The number of ether oxygens (including phenoxy) is 3. The highest BCUT2D eigenvalue weighted by Gasteiger charge is 2.23. The number of nitrogens with zero attached hydrogens (tertiary/aromatic N) is 2. The second-order valence-corrected chi connectivity index (χ2v) is 7.37. The van der Waals surface area contributed by atoms with E-state index in [2.05, 4.69) is 10.3 Å². The molecular weight excluding hydrogens is 362 g/mol. The van der Waals surface area contributed by atoms with Gasteiger partial charge >= 0.3 is 12.1 Å². The molecule has 1 atom stereocenters. The van der Waals surface area contributed by atoms with Crippen LogP contribution in [0, 0.1) is 0 Å². The molecule has 2 aromatic heterocycles. The van der Waals surface area contributed by atoms with Crippen LogP contribution in [0.1, 0.15) is 58.1 Å². The Labute approximate surface area is 165 Å². The summed E-state index contributed by atoms with van der Waals surface area (Å²) in [5, 5.41) is 3.50. The summed E-state index contributed by atoms with van der Waals surface area (Å²) in [6.07, 6.45) is 1.10. The molecule has 0 saturated heterocycles. The molecule has 0 radical (unpaired) electrons. The minimum atomic E-state index is -0.583. The van der Waals surface area contributed by atoms with Gasteiger partial charge in [0.15, 0.2) is 0 Å². The lowest BCUT2D eigenvalue weighted by molar-refractivity contribution is 0.0511. The van der Waals surface area contributed by atoms with Crippen molar-refractivity contribution in [2.24, 2.45) is 0 Å². The molecule has 8 nitrogen and oxygen atoms in total. The van der Waals surface area contributed by atoms with Crippen molar-refractivity contribution in [3.8, 4) is 5.75 Å². The molecule has 28 heavy (non-hydrogen) atoms. The molecule has 1 N–H and O–H groups in total. The third kappa shape index (κ3) is 5.37. The van der Waals surface area contributed by atoms with Crippen molar-refractivity contribution < 1.29 is 23.8 Å². The second-order valence-electron chi connectivity index (χ2n) is 7.37. The summed E-state index contributed by atoms with van der Waals surface area (Å²) in [6, 6.07) is 3.31. The minimum Gasteiger partial charge on any atom is -0.492 e. The zero-order valence-corrected chi connectivity index (χ0v) is 17.4. The number of hydrogen-bond donors (Lipinski definition) is 1. The van der Waals surface area contributed by atoms with E-state index in [1.165, 1.54) is 0 Å². The van der Waals surface area contributed by atoms with Crippen LogP contribution in [-0.4, -0.2) is 47.0 Å². The molecule has 0 aliphatic rings. The number of esters is 1. The lowest BCUT2D eigenvalue weighted by Gasteiger charge is -2.22. The zero-order valence-electron chi connectivity index (χ0n) is 17.4. The average molecular weight is 391 g/mol. The SMILES string of the molecule is CCOC(=O)c1cc2cc(OCC)cnc2n1C(C)CNC(=O)OC(C)(C)C. The first-order valence-electron chi connectivity index (χ1n) is 9.44. The second kappa shape index (κ2) is 8.95. The van der Waals surface area contributed by atoms with Crippen LogP contribution in [0.4, 0.5) is 4.79 Å². The quantitative estimate of drug-likeness (QED) is 0.724. The number of aromatic nitrogens is 2. The van der Waals surface area contributed by atoms with Crippen LogP contribution in [0.2, 0.25) is 0 Å². The summed E-state index contributed by atoms with van der Waals surface area (Å²) < 4.78 is 17.7. The van der Waals surface area contributed by atoms with Crippen LogP contribution in [-0.2, 0) is 9.47 Å². The number of carbonyl (C=O) groups excluding carboxylic acids is 2. The fraction of sp³-hybridized carbons (Fsp3) is 0.550. The van der Waals surface area contributed by atoms with Crippen LogP contribution in [0.3, 0.4) is 0 Å².